The zero-order chi connectivity index (χ0) is 15.1. The summed E-state index contributed by atoms with van der Waals surface area (Å²) in [4.78, 5) is 22.3. The van der Waals surface area contributed by atoms with Gasteiger partial charge in [0.2, 0.25) is 5.91 Å². The smallest absolute Gasteiger partial charge is 0.303 e. The molecule has 1 amide bonds. The Balaban J connectivity index is 1.76. The Kier molecular flexibility index (Phi) is 5.37. The van der Waals surface area contributed by atoms with Crippen LogP contribution in [0, 0.1) is 0 Å². The molecule has 2 N–H and O–H groups in total. The summed E-state index contributed by atoms with van der Waals surface area (Å²) in [6.45, 7) is 0.689. The van der Waals surface area contributed by atoms with Crippen molar-refractivity contribution >= 4 is 11.9 Å². The fourth-order valence-corrected chi connectivity index (χ4v) is 2.88. The van der Waals surface area contributed by atoms with Crippen LogP contribution in [0.5, 0.6) is 0 Å². The molecule has 4 nitrogen and oxygen atoms in total. The van der Waals surface area contributed by atoms with Crippen LogP contribution in [0.3, 0.4) is 0 Å². The molecule has 1 saturated carbocycles. The van der Waals surface area contributed by atoms with Crippen LogP contribution in [0.2, 0.25) is 0 Å². The van der Waals surface area contributed by atoms with Crippen LogP contribution in [0.1, 0.15) is 50.5 Å². The molecule has 21 heavy (non-hydrogen) atoms. The molecule has 114 valence electrons. The standard InChI is InChI=1S/C17H23NO3/c19-15(9-4-5-10-16(20)21)18-13-17(11-6-12-17)14-7-2-1-3-8-14/h1-3,7-8H,4-6,9-13H2,(H,18,19)(H,20,21). The molecule has 0 bridgehead atoms. The quantitative estimate of drug-likeness (QED) is 0.723. The number of aliphatic carboxylic acids is 1. The van der Waals surface area contributed by atoms with Gasteiger partial charge in [0, 0.05) is 24.8 Å². The number of hydrogen-bond acceptors (Lipinski definition) is 2. The summed E-state index contributed by atoms with van der Waals surface area (Å²) in [6, 6.07) is 10.4. The molecule has 0 aromatic heterocycles. The molecule has 1 aliphatic carbocycles. The average Bonchev–Trinajstić information content (AvgIpc) is 2.43. The number of carboxylic acid groups (broad SMARTS) is 1. The molecule has 1 aliphatic rings. The molecule has 0 radical (unpaired) electrons. The van der Waals surface area contributed by atoms with Crippen molar-refractivity contribution in [1.82, 2.24) is 5.32 Å². The molecule has 4 heteroatoms. The number of benzene rings is 1. The number of carboxylic acids is 1. The minimum Gasteiger partial charge on any atom is -0.481 e. The molecular formula is C17H23NO3. The van der Waals surface area contributed by atoms with E-state index in [9.17, 15) is 9.59 Å². The highest BCUT2D eigenvalue weighted by Gasteiger charge is 2.38. The highest BCUT2D eigenvalue weighted by Crippen LogP contribution is 2.43. The van der Waals surface area contributed by atoms with Gasteiger partial charge in [0.1, 0.15) is 0 Å². The first-order valence-corrected chi connectivity index (χ1v) is 7.66. The first-order valence-electron chi connectivity index (χ1n) is 7.66. The third kappa shape index (κ3) is 4.31. The van der Waals surface area contributed by atoms with Crippen LogP contribution in [0.4, 0.5) is 0 Å². The maximum atomic E-state index is 11.8. The maximum absolute atomic E-state index is 11.8. The van der Waals surface area contributed by atoms with E-state index < -0.39 is 5.97 Å². The second-order valence-corrected chi connectivity index (χ2v) is 5.88. The third-order valence-corrected chi connectivity index (χ3v) is 4.37. The molecular weight excluding hydrogens is 266 g/mol. The summed E-state index contributed by atoms with van der Waals surface area (Å²) in [6.07, 6.45) is 5.21. The van der Waals surface area contributed by atoms with Gasteiger partial charge in [-0.1, -0.05) is 36.8 Å². The average molecular weight is 289 g/mol. The summed E-state index contributed by atoms with van der Waals surface area (Å²) < 4.78 is 0. The number of rotatable bonds is 8. The van der Waals surface area contributed by atoms with Gasteiger partial charge < -0.3 is 10.4 Å². The Labute approximate surface area is 125 Å². The molecule has 2 rings (SSSR count). The SMILES string of the molecule is O=C(O)CCCCC(=O)NCC1(c2ccccc2)CCC1. The van der Waals surface area contributed by atoms with Crippen molar-refractivity contribution in [3.8, 4) is 0 Å². The normalized spacial score (nSPS) is 16.0. The molecule has 1 aromatic rings. The van der Waals surface area contributed by atoms with Crippen molar-refractivity contribution in [2.24, 2.45) is 0 Å². The van der Waals surface area contributed by atoms with Crippen LogP contribution in [-0.2, 0) is 15.0 Å². The van der Waals surface area contributed by atoms with Gasteiger partial charge in [-0.25, -0.2) is 0 Å². The molecule has 1 fully saturated rings. The van der Waals surface area contributed by atoms with E-state index in [0.717, 1.165) is 12.8 Å². The largest absolute Gasteiger partial charge is 0.481 e. The second kappa shape index (κ2) is 7.25. The molecule has 0 spiro atoms. The van der Waals surface area contributed by atoms with Crippen molar-refractivity contribution < 1.29 is 14.7 Å². The van der Waals surface area contributed by atoms with E-state index >= 15 is 0 Å². The molecule has 0 heterocycles. The third-order valence-electron chi connectivity index (χ3n) is 4.37. The van der Waals surface area contributed by atoms with Crippen LogP contribution < -0.4 is 5.32 Å². The van der Waals surface area contributed by atoms with Gasteiger partial charge in [-0.3, -0.25) is 9.59 Å². The molecule has 0 atom stereocenters. The Hall–Kier alpha value is -1.84. The highest BCUT2D eigenvalue weighted by molar-refractivity contribution is 5.76. The Bertz CT molecular complexity index is 480. The number of hydrogen-bond donors (Lipinski definition) is 2. The van der Waals surface area contributed by atoms with Crippen molar-refractivity contribution in [3.63, 3.8) is 0 Å². The monoisotopic (exact) mass is 289 g/mol. The van der Waals surface area contributed by atoms with E-state index in [1.807, 2.05) is 18.2 Å². The van der Waals surface area contributed by atoms with E-state index in [4.69, 9.17) is 5.11 Å². The van der Waals surface area contributed by atoms with Gasteiger partial charge in [-0.05, 0) is 31.2 Å². The van der Waals surface area contributed by atoms with Crippen molar-refractivity contribution in [2.75, 3.05) is 6.54 Å². The van der Waals surface area contributed by atoms with Gasteiger partial charge >= 0.3 is 5.97 Å². The van der Waals surface area contributed by atoms with Gasteiger partial charge in [0.25, 0.3) is 0 Å². The fraction of sp³-hybridized carbons (Fsp3) is 0.529. The summed E-state index contributed by atoms with van der Waals surface area (Å²) in [7, 11) is 0. The zero-order valence-corrected chi connectivity index (χ0v) is 12.3. The molecule has 1 aromatic carbocycles. The lowest BCUT2D eigenvalue weighted by Crippen LogP contribution is -2.45. The zero-order valence-electron chi connectivity index (χ0n) is 12.3. The lowest BCUT2D eigenvalue weighted by molar-refractivity contribution is -0.137. The second-order valence-electron chi connectivity index (χ2n) is 5.88. The van der Waals surface area contributed by atoms with E-state index in [2.05, 4.69) is 17.4 Å². The highest BCUT2D eigenvalue weighted by atomic mass is 16.4. The first-order chi connectivity index (χ1) is 10.1. The number of unbranched alkanes of at least 4 members (excludes halogenated alkanes) is 1. The van der Waals surface area contributed by atoms with Gasteiger partial charge in [0.05, 0.1) is 0 Å². The topological polar surface area (TPSA) is 66.4 Å². The van der Waals surface area contributed by atoms with Gasteiger partial charge in [-0.15, -0.1) is 0 Å². The maximum Gasteiger partial charge on any atom is 0.303 e. The summed E-state index contributed by atoms with van der Waals surface area (Å²) in [5.41, 5.74) is 1.42. The molecule has 0 unspecified atom stereocenters. The lowest BCUT2D eigenvalue weighted by Gasteiger charge is -2.42. The summed E-state index contributed by atoms with van der Waals surface area (Å²) in [5, 5.41) is 11.6. The van der Waals surface area contributed by atoms with Crippen molar-refractivity contribution in [2.45, 2.75) is 50.4 Å². The van der Waals surface area contributed by atoms with Crippen molar-refractivity contribution in [1.29, 1.82) is 0 Å². The Morgan fingerprint density at radius 2 is 1.76 bits per heavy atom. The van der Waals surface area contributed by atoms with E-state index in [1.165, 1.54) is 12.0 Å². The number of carbonyl (C=O) groups excluding carboxylic acids is 1. The van der Waals surface area contributed by atoms with Crippen LogP contribution in [0.15, 0.2) is 30.3 Å². The number of nitrogens with one attached hydrogen (secondary N) is 1. The summed E-state index contributed by atoms with van der Waals surface area (Å²) >= 11 is 0. The predicted molar refractivity (Wildman–Crippen MR) is 81.1 cm³/mol. The minimum absolute atomic E-state index is 0.0302. The van der Waals surface area contributed by atoms with Crippen LogP contribution in [-0.4, -0.2) is 23.5 Å². The van der Waals surface area contributed by atoms with Gasteiger partial charge in [0.15, 0.2) is 0 Å². The number of amides is 1. The molecule has 0 aliphatic heterocycles. The van der Waals surface area contributed by atoms with E-state index in [1.54, 1.807) is 0 Å². The lowest BCUT2D eigenvalue weighted by atomic mass is 9.64. The fourth-order valence-electron chi connectivity index (χ4n) is 2.88. The van der Waals surface area contributed by atoms with E-state index in [-0.39, 0.29) is 17.7 Å². The van der Waals surface area contributed by atoms with Gasteiger partial charge in [-0.2, -0.15) is 0 Å². The van der Waals surface area contributed by atoms with Crippen LogP contribution in [0.25, 0.3) is 0 Å². The first kappa shape index (κ1) is 15.5. The van der Waals surface area contributed by atoms with Crippen LogP contribution >= 0.6 is 0 Å². The van der Waals surface area contributed by atoms with Crippen molar-refractivity contribution in [3.05, 3.63) is 35.9 Å². The number of carbonyl (C=O) groups is 2. The Morgan fingerprint density at radius 1 is 1.10 bits per heavy atom. The Morgan fingerprint density at radius 3 is 2.33 bits per heavy atom. The minimum atomic E-state index is -0.798. The molecule has 0 saturated heterocycles. The summed E-state index contributed by atoms with van der Waals surface area (Å²) in [5.74, 6) is -0.768. The van der Waals surface area contributed by atoms with E-state index in [0.29, 0.717) is 25.8 Å². The predicted octanol–water partition coefficient (Wildman–Crippen LogP) is 2.87.